The lowest BCUT2D eigenvalue weighted by atomic mass is 9.91. The molecule has 1 amide bonds. The van der Waals surface area contributed by atoms with Crippen LogP contribution >= 0.6 is 0 Å². The van der Waals surface area contributed by atoms with Crippen LogP contribution in [0.2, 0.25) is 0 Å². The molecule has 7 heteroatoms. The molecule has 0 radical (unpaired) electrons. The number of carboxylic acids is 1. The maximum atomic E-state index is 14.2. The van der Waals surface area contributed by atoms with Crippen LogP contribution in [-0.2, 0) is 35.5 Å². The summed E-state index contributed by atoms with van der Waals surface area (Å²) in [6.07, 6.45) is 2.70. The minimum absolute atomic E-state index is 0.177. The summed E-state index contributed by atoms with van der Waals surface area (Å²) in [5.74, 6) is -1.38. The maximum Gasteiger partial charge on any atom is 0.407 e. The molecule has 4 rings (SSSR count). The van der Waals surface area contributed by atoms with Gasteiger partial charge in [-0.1, -0.05) is 43.0 Å². The Bertz CT molecular complexity index is 1150. The zero-order valence-corrected chi connectivity index (χ0v) is 16.9. The van der Waals surface area contributed by atoms with Crippen LogP contribution in [0.1, 0.15) is 28.8 Å². The van der Waals surface area contributed by atoms with Crippen LogP contribution in [-0.4, -0.2) is 27.8 Å². The van der Waals surface area contributed by atoms with Crippen LogP contribution in [0.3, 0.4) is 0 Å². The van der Waals surface area contributed by atoms with Gasteiger partial charge in [0.25, 0.3) is 0 Å². The predicted molar refractivity (Wildman–Crippen MR) is 115 cm³/mol. The molecule has 0 spiro atoms. The number of ether oxygens (including phenoxy) is 1. The number of aliphatic carboxylic acids is 1. The highest BCUT2D eigenvalue weighted by molar-refractivity contribution is 5.93. The van der Waals surface area contributed by atoms with E-state index in [0.29, 0.717) is 35.7 Å². The highest BCUT2D eigenvalue weighted by atomic mass is 19.1. The van der Waals surface area contributed by atoms with E-state index in [4.69, 9.17) is 4.74 Å². The maximum absolute atomic E-state index is 14.2. The van der Waals surface area contributed by atoms with Crippen molar-refractivity contribution in [2.45, 2.75) is 38.5 Å². The van der Waals surface area contributed by atoms with E-state index < -0.39 is 17.9 Å². The van der Waals surface area contributed by atoms with E-state index >= 15 is 0 Å². The van der Waals surface area contributed by atoms with Crippen LogP contribution in [0.5, 0.6) is 0 Å². The van der Waals surface area contributed by atoms with Gasteiger partial charge in [0.05, 0.1) is 5.52 Å². The fourth-order valence-corrected chi connectivity index (χ4v) is 4.30. The van der Waals surface area contributed by atoms with Crippen molar-refractivity contribution in [2.24, 2.45) is 0 Å². The Hall–Kier alpha value is -3.61. The zero-order chi connectivity index (χ0) is 22.0. The molecule has 2 N–H and O–H groups in total. The Morgan fingerprint density at radius 2 is 2.06 bits per heavy atom. The molecule has 0 bridgehead atoms. The number of nitrogens with zero attached hydrogens (tertiary/aromatic N) is 1. The summed E-state index contributed by atoms with van der Waals surface area (Å²) < 4.78 is 21.3. The number of carbonyl (C=O) groups is 2. The molecule has 1 aromatic heterocycles. The van der Waals surface area contributed by atoms with Crippen molar-refractivity contribution in [3.8, 4) is 0 Å². The number of hydrogen-bond donors (Lipinski definition) is 2. The number of amides is 1. The third-order valence-corrected chi connectivity index (χ3v) is 5.60. The van der Waals surface area contributed by atoms with Gasteiger partial charge in [0.1, 0.15) is 19.0 Å². The van der Waals surface area contributed by atoms with E-state index in [9.17, 15) is 19.1 Å². The lowest BCUT2D eigenvalue weighted by molar-refractivity contribution is -0.137. The summed E-state index contributed by atoms with van der Waals surface area (Å²) in [4.78, 5) is 23.7. The van der Waals surface area contributed by atoms with Gasteiger partial charge in [-0.2, -0.15) is 0 Å². The van der Waals surface area contributed by atoms with Gasteiger partial charge in [0.2, 0.25) is 0 Å². The first-order chi connectivity index (χ1) is 15.0. The van der Waals surface area contributed by atoms with Gasteiger partial charge >= 0.3 is 12.1 Å². The fraction of sp³-hybridized carbons (Fsp3) is 0.250. The number of aromatic nitrogens is 1. The van der Waals surface area contributed by atoms with Gasteiger partial charge in [-0.3, -0.25) is 4.79 Å². The third kappa shape index (κ3) is 4.30. The largest absolute Gasteiger partial charge is 0.480 e. The van der Waals surface area contributed by atoms with E-state index in [-0.39, 0.29) is 19.2 Å². The minimum atomic E-state index is -0.969. The number of halogens is 1. The molecule has 3 aromatic rings. The van der Waals surface area contributed by atoms with E-state index in [1.54, 1.807) is 4.57 Å². The second kappa shape index (κ2) is 8.63. The van der Waals surface area contributed by atoms with Crippen LogP contribution in [0.4, 0.5) is 9.18 Å². The number of rotatable bonds is 6. The molecule has 1 aliphatic rings. The number of carboxylic acid groups (broad SMARTS) is 1. The molecular weight excluding hydrogens is 399 g/mol. The van der Waals surface area contributed by atoms with Crippen LogP contribution in [0.15, 0.2) is 49.0 Å². The summed E-state index contributed by atoms with van der Waals surface area (Å²) in [6.45, 7) is 3.71. The van der Waals surface area contributed by atoms with E-state index in [0.717, 1.165) is 16.8 Å². The molecule has 0 aliphatic heterocycles. The lowest BCUT2D eigenvalue weighted by Crippen LogP contribution is -2.39. The molecule has 1 aliphatic carbocycles. The Kier molecular flexibility index (Phi) is 5.75. The second-order valence-corrected chi connectivity index (χ2v) is 7.65. The van der Waals surface area contributed by atoms with Gasteiger partial charge in [-0.25, -0.2) is 9.18 Å². The number of nitrogens with one attached hydrogen (secondary N) is 1. The summed E-state index contributed by atoms with van der Waals surface area (Å²) in [6, 6.07) is 12.0. The van der Waals surface area contributed by atoms with Gasteiger partial charge in [0, 0.05) is 22.7 Å². The van der Waals surface area contributed by atoms with Gasteiger partial charge in [-0.15, -0.1) is 0 Å². The highest BCUT2D eigenvalue weighted by Crippen LogP contribution is 2.35. The van der Waals surface area contributed by atoms with Gasteiger partial charge in [0.15, 0.2) is 0 Å². The second-order valence-electron chi connectivity index (χ2n) is 7.65. The molecule has 0 fully saturated rings. The topological polar surface area (TPSA) is 80.6 Å². The van der Waals surface area contributed by atoms with Crippen molar-refractivity contribution in [1.29, 1.82) is 0 Å². The lowest BCUT2D eigenvalue weighted by Gasteiger charge is -2.24. The predicted octanol–water partition coefficient (Wildman–Crippen LogP) is 4.29. The quantitative estimate of drug-likeness (QED) is 0.621. The zero-order valence-electron chi connectivity index (χ0n) is 16.9. The van der Waals surface area contributed by atoms with Crippen molar-refractivity contribution in [3.63, 3.8) is 0 Å². The normalized spacial score (nSPS) is 15.3. The smallest absolute Gasteiger partial charge is 0.407 e. The van der Waals surface area contributed by atoms with Crippen molar-refractivity contribution in [2.75, 3.05) is 0 Å². The van der Waals surface area contributed by atoms with E-state index in [2.05, 4.69) is 11.9 Å². The Labute approximate surface area is 178 Å². The Morgan fingerprint density at radius 1 is 1.29 bits per heavy atom. The fourth-order valence-electron chi connectivity index (χ4n) is 4.30. The number of benzene rings is 2. The number of fused-ring (bicyclic) bond motifs is 3. The number of alkyl carbamates (subject to hydrolysis) is 1. The van der Waals surface area contributed by atoms with Crippen molar-refractivity contribution in [1.82, 2.24) is 9.88 Å². The van der Waals surface area contributed by atoms with Crippen molar-refractivity contribution in [3.05, 3.63) is 77.2 Å². The summed E-state index contributed by atoms with van der Waals surface area (Å²) in [5.41, 5.74) is 3.83. The molecule has 0 saturated heterocycles. The molecule has 1 heterocycles. The van der Waals surface area contributed by atoms with E-state index in [1.807, 2.05) is 30.3 Å². The van der Waals surface area contributed by atoms with Crippen LogP contribution in [0.25, 0.3) is 17.0 Å². The molecular formula is C24H23FN2O4. The molecule has 31 heavy (non-hydrogen) atoms. The van der Waals surface area contributed by atoms with Gasteiger partial charge < -0.3 is 19.7 Å². The standard InChI is InChI=1S/C24H23FN2O4/c1-2-16-10-17(25)11-20-19-12-18(8-9-21(19)27(23(16)20)13-22(28)29)26-24(30)31-14-15-6-4-3-5-7-15/h2-7,10-11,18H,1,8-9,12-14H2,(H,26,30)(H,28,29). The minimum Gasteiger partial charge on any atom is -0.480 e. The molecule has 160 valence electrons. The Balaban J connectivity index is 1.57. The van der Waals surface area contributed by atoms with E-state index in [1.165, 1.54) is 18.2 Å². The highest BCUT2D eigenvalue weighted by Gasteiger charge is 2.28. The van der Waals surface area contributed by atoms with Crippen molar-refractivity contribution < 1.29 is 23.8 Å². The van der Waals surface area contributed by atoms with Crippen molar-refractivity contribution >= 4 is 29.0 Å². The summed E-state index contributed by atoms with van der Waals surface area (Å²) in [7, 11) is 0. The molecule has 1 unspecified atom stereocenters. The SMILES string of the molecule is C=Cc1cc(F)cc2c3c(n(CC(=O)O)c12)CCC(NC(=O)OCc1ccccc1)C3. The van der Waals surface area contributed by atoms with Gasteiger partial charge in [-0.05, 0) is 42.5 Å². The van der Waals surface area contributed by atoms with Crippen LogP contribution < -0.4 is 5.32 Å². The number of carbonyl (C=O) groups excluding carboxylic acids is 1. The summed E-state index contributed by atoms with van der Waals surface area (Å²) in [5, 5.41) is 12.9. The first kappa shape index (κ1) is 20.7. The van der Waals surface area contributed by atoms with Crippen LogP contribution in [0, 0.1) is 5.82 Å². The molecule has 1 atom stereocenters. The molecule has 2 aromatic carbocycles. The monoisotopic (exact) mass is 422 g/mol. The molecule has 6 nitrogen and oxygen atoms in total. The summed E-state index contributed by atoms with van der Waals surface area (Å²) >= 11 is 0. The first-order valence-corrected chi connectivity index (χ1v) is 10.1. The third-order valence-electron chi connectivity index (χ3n) is 5.60. The average Bonchev–Trinajstić information content (AvgIpc) is 3.05. The number of hydrogen-bond acceptors (Lipinski definition) is 3. The first-order valence-electron chi connectivity index (χ1n) is 10.1. The Morgan fingerprint density at radius 3 is 2.77 bits per heavy atom. The molecule has 0 saturated carbocycles. The average molecular weight is 422 g/mol.